The van der Waals surface area contributed by atoms with Crippen molar-refractivity contribution in [3.63, 3.8) is 0 Å². The number of rotatable bonds is 6. The van der Waals surface area contributed by atoms with Gasteiger partial charge in [-0.1, -0.05) is 18.2 Å². The van der Waals surface area contributed by atoms with Gasteiger partial charge in [0.1, 0.15) is 0 Å². The van der Waals surface area contributed by atoms with Crippen LogP contribution in [0.25, 0.3) is 0 Å². The van der Waals surface area contributed by atoms with Crippen LogP contribution in [0.2, 0.25) is 0 Å². The number of ether oxygens (including phenoxy) is 2. The smallest absolute Gasteiger partial charge is 0.204 e. The molecule has 30 heavy (non-hydrogen) atoms. The lowest BCUT2D eigenvalue weighted by atomic mass is 9.82. The second-order valence-electron chi connectivity index (χ2n) is 8.80. The van der Waals surface area contributed by atoms with Crippen molar-refractivity contribution in [2.24, 2.45) is 11.7 Å². The number of nitrogens with two attached hydrogens (primary N) is 1. The lowest BCUT2D eigenvalue weighted by molar-refractivity contribution is 0.198. The largest absolute Gasteiger partial charge is 0.494 e. The van der Waals surface area contributed by atoms with Crippen molar-refractivity contribution >= 4 is 0 Å². The van der Waals surface area contributed by atoms with Gasteiger partial charge in [-0.2, -0.15) is 8.78 Å². The predicted octanol–water partition coefficient (Wildman–Crippen LogP) is 4.11. The molecule has 1 fully saturated rings. The highest BCUT2D eigenvalue weighted by molar-refractivity contribution is 5.37. The maximum absolute atomic E-state index is 14.1. The Morgan fingerprint density at radius 2 is 1.87 bits per heavy atom. The summed E-state index contributed by atoms with van der Waals surface area (Å²) in [7, 11) is 1.30. The molecule has 0 amide bonds. The molecular weight excluding hydrogens is 388 g/mol. The van der Waals surface area contributed by atoms with E-state index in [1.165, 1.54) is 35.9 Å². The first-order valence-electron chi connectivity index (χ1n) is 10.6. The van der Waals surface area contributed by atoms with Crippen LogP contribution in [0.3, 0.4) is 0 Å². The van der Waals surface area contributed by atoms with E-state index < -0.39 is 17.2 Å². The first kappa shape index (κ1) is 21.1. The van der Waals surface area contributed by atoms with Crippen LogP contribution in [-0.4, -0.2) is 31.0 Å². The zero-order valence-corrected chi connectivity index (χ0v) is 17.3. The van der Waals surface area contributed by atoms with Gasteiger partial charge in [0.05, 0.1) is 20.3 Å². The van der Waals surface area contributed by atoms with E-state index in [2.05, 4.69) is 18.2 Å². The Balaban J connectivity index is 1.38. The average Bonchev–Trinajstić information content (AvgIpc) is 3.17. The van der Waals surface area contributed by atoms with Crippen molar-refractivity contribution in [3.8, 4) is 11.5 Å². The second kappa shape index (κ2) is 8.52. The molecule has 2 aromatic carbocycles. The average molecular weight is 417 g/mol. The van der Waals surface area contributed by atoms with Crippen molar-refractivity contribution in [3.05, 3.63) is 58.7 Å². The van der Waals surface area contributed by atoms with E-state index in [0.717, 1.165) is 38.5 Å². The van der Waals surface area contributed by atoms with Crippen molar-refractivity contribution in [2.75, 3.05) is 20.3 Å². The van der Waals surface area contributed by atoms with E-state index in [1.54, 1.807) is 0 Å². The minimum Gasteiger partial charge on any atom is -0.494 e. The third-order valence-electron chi connectivity index (χ3n) is 6.70. The van der Waals surface area contributed by atoms with Crippen LogP contribution in [0.4, 0.5) is 8.78 Å². The summed E-state index contributed by atoms with van der Waals surface area (Å²) in [5.74, 6) is -1.58. The molecule has 0 heterocycles. The second-order valence-corrected chi connectivity index (χ2v) is 8.80. The number of aryl methyl sites for hydroxylation is 1. The van der Waals surface area contributed by atoms with Crippen LogP contribution in [0.5, 0.6) is 11.5 Å². The third-order valence-corrected chi connectivity index (χ3v) is 6.70. The lowest BCUT2D eigenvalue weighted by Crippen LogP contribution is -2.40. The summed E-state index contributed by atoms with van der Waals surface area (Å²) in [4.78, 5) is 0. The molecular formula is C24H29F2NO3. The molecule has 162 valence electrons. The molecule has 0 bridgehead atoms. The number of hydrogen-bond donors (Lipinski definition) is 2. The standard InChI is InChI=1S/C24H29F2NO3/c1-29-20-6-7-21(23(26)22(20)25)30-13-15-2-3-17-11-18(5-4-16(17)10-15)19-8-9-24(27,12-19)14-28/h4-7,11,15,19,28H,2-3,8-10,12-14,27H2,1H3/t15?,19-,24+/m0/s1. The Labute approximate surface area is 176 Å². The van der Waals surface area contributed by atoms with Crippen LogP contribution in [0, 0.1) is 17.6 Å². The molecule has 4 rings (SSSR count). The van der Waals surface area contributed by atoms with Crippen LogP contribution in [-0.2, 0) is 12.8 Å². The number of hydrogen-bond acceptors (Lipinski definition) is 4. The van der Waals surface area contributed by atoms with Gasteiger partial charge in [-0.3, -0.25) is 0 Å². The normalized spacial score (nSPS) is 25.8. The Morgan fingerprint density at radius 3 is 2.60 bits per heavy atom. The number of halogens is 2. The number of aliphatic hydroxyl groups is 1. The molecule has 0 aliphatic heterocycles. The van der Waals surface area contributed by atoms with Crippen molar-refractivity contribution < 1.29 is 23.4 Å². The van der Waals surface area contributed by atoms with E-state index >= 15 is 0 Å². The summed E-state index contributed by atoms with van der Waals surface area (Å²) in [5.41, 5.74) is 9.74. The van der Waals surface area contributed by atoms with Crippen LogP contribution in [0.1, 0.15) is 48.3 Å². The summed E-state index contributed by atoms with van der Waals surface area (Å²) in [5, 5.41) is 9.52. The van der Waals surface area contributed by atoms with Gasteiger partial charge >= 0.3 is 0 Å². The molecule has 1 unspecified atom stereocenters. The number of methoxy groups -OCH3 is 1. The molecule has 0 saturated heterocycles. The molecule has 3 N–H and O–H groups in total. The monoisotopic (exact) mass is 417 g/mol. The van der Waals surface area contributed by atoms with E-state index in [4.69, 9.17) is 15.2 Å². The highest BCUT2D eigenvalue weighted by Gasteiger charge is 2.36. The topological polar surface area (TPSA) is 64.7 Å². The van der Waals surface area contributed by atoms with Crippen molar-refractivity contribution in [2.45, 2.75) is 50.0 Å². The molecule has 2 aromatic rings. The molecule has 4 nitrogen and oxygen atoms in total. The molecule has 6 heteroatoms. The molecule has 2 aliphatic rings. The van der Waals surface area contributed by atoms with Crippen molar-refractivity contribution in [1.82, 2.24) is 0 Å². The van der Waals surface area contributed by atoms with Gasteiger partial charge in [-0.25, -0.2) is 0 Å². The fourth-order valence-corrected chi connectivity index (χ4v) is 4.82. The summed E-state index contributed by atoms with van der Waals surface area (Å²) in [6.07, 6.45) is 5.43. The molecule has 0 radical (unpaired) electrons. The fraction of sp³-hybridized carbons (Fsp3) is 0.500. The van der Waals surface area contributed by atoms with Gasteiger partial charge in [0, 0.05) is 5.54 Å². The Hall–Kier alpha value is -2.18. The minimum atomic E-state index is -1.02. The van der Waals surface area contributed by atoms with Crippen LogP contribution in [0.15, 0.2) is 30.3 Å². The van der Waals surface area contributed by atoms with Gasteiger partial charge in [0.15, 0.2) is 11.5 Å². The molecule has 0 spiro atoms. The van der Waals surface area contributed by atoms with E-state index in [1.807, 2.05) is 0 Å². The van der Waals surface area contributed by atoms with E-state index in [9.17, 15) is 13.9 Å². The van der Waals surface area contributed by atoms with Gasteiger partial charge in [0.2, 0.25) is 11.6 Å². The fourth-order valence-electron chi connectivity index (χ4n) is 4.82. The zero-order chi connectivity index (χ0) is 21.3. The Bertz CT molecular complexity index is 920. The number of benzene rings is 2. The quantitative estimate of drug-likeness (QED) is 0.742. The highest BCUT2D eigenvalue weighted by atomic mass is 19.2. The molecule has 3 atom stereocenters. The van der Waals surface area contributed by atoms with E-state index in [-0.39, 0.29) is 24.0 Å². The van der Waals surface area contributed by atoms with Crippen molar-refractivity contribution in [1.29, 1.82) is 0 Å². The minimum absolute atomic E-state index is 0.0365. The first-order chi connectivity index (χ1) is 14.4. The third kappa shape index (κ3) is 4.16. The summed E-state index contributed by atoms with van der Waals surface area (Å²) >= 11 is 0. The zero-order valence-electron chi connectivity index (χ0n) is 17.3. The first-order valence-corrected chi connectivity index (χ1v) is 10.6. The molecule has 1 saturated carbocycles. The van der Waals surface area contributed by atoms with Gasteiger partial charge in [-0.15, -0.1) is 0 Å². The summed E-state index contributed by atoms with van der Waals surface area (Å²) in [6, 6.07) is 9.43. The van der Waals surface area contributed by atoms with Crippen LogP contribution >= 0.6 is 0 Å². The van der Waals surface area contributed by atoms with Gasteiger partial charge in [-0.05, 0) is 79.2 Å². The maximum Gasteiger partial charge on any atom is 0.204 e. The summed E-state index contributed by atoms with van der Waals surface area (Å²) < 4.78 is 38.4. The number of fused-ring (bicyclic) bond motifs is 1. The maximum atomic E-state index is 14.1. The molecule has 0 aromatic heterocycles. The summed E-state index contributed by atoms with van der Waals surface area (Å²) in [6.45, 7) is 0.382. The van der Waals surface area contributed by atoms with Gasteiger partial charge < -0.3 is 20.3 Å². The SMILES string of the molecule is COc1ccc(OCC2CCc3cc([C@H]4CC[C@](N)(CO)C4)ccc3C2)c(F)c1F. The Morgan fingerprint density at radius 1 is 1.10 bits per heavy atom. The van der Waals surface area contributed by atoms with Gasteiger partial charge in [0.25, 0.3) is 0 Å². The lowest BCUT2D eigenvalue weighted by Gasteiger charge is -2.26. The predicted molar refractivity (Wildman–Crippen MR) is 111 cm³/mol. The van der Waals surface area contributed by atoms with Crippen LogP contribution < -0.4 is 15.2 Å². The Kier molecular flexibility index (Phi) is 5.98. The molecule has 2 aliphatic carbocycles. The number of aliphatic hydroxyl groups excluding tert-OH is 1. The highest BCUT2D eigenvalue weighted by Crippen LogP contribution is 2.40. The van der Waals surface area contributed by atoms with E-state index in [0.29, 0.717) is 12.5 Å².